The highest BCUT2D eigenvalue weighted by atomic mass is 15.1. The molecule has 11 aromatic rings. The zero-order valence-corrected chi connectivity index (χ0v) is 28.8. The summed E-state index contributed by atoms with van der Waals surface area (Å²) in [6, 6.07) is 69.7. The van der Waals surface area contributed by atoms with Gasteiger partial charge < -0.3 is 9.13 Å². The van der Waals surface area contributed by atoms with Crippen molar-refractivity contribution in [1.29, 1.82) is 0 Å². The van der Waals surface area contributed by atoms with Gasteiger partial charge in [-0.2, -0.15) is 0 Å². The molecule has 53 heavy (non-hydrogen) atoms. The van der Waals surface area contributed by atoms with Gasteiger partial charge in [-0.15, -0.1) is 0 Å². The number of rotatable bonds is 5. The molecule has 0 N–H and O–H groups in total. The molecule has 0 radical (unpaired) electrons. The Hall–Kier alpha value is -7.17. The Bertz CT molecular complexity index is 2920. The van der Waals surface area contributed by atoms with Crippen molar-refractivity contribution < 1.29 is 0 Å². The molecule has 0 saturated heterocycles. The molecule has 0 bridgehead atoms. The minimum atomic E-state index is 0.901. The molecular formula is C49H32N4. The second-order valence-electron chi connectivity index (χ2n) is 13.6. The highest BCUT2D eigenvalue weighted by molar-refractivity contribution is 6.10. The molecule has 11 rings (SSSR count). The van der Waals surface area contributed by atoms with Crippen LogP contribution in [0.4, 0.5) is 0 Å². The standard InChI is InChI=1S/C49H32N4/c1-2-14-33(15-3-1)34-26-28-35(29-27-34)49-50-43-20-8-13-25-48(43)53(49)38-31-36(51-44-21-9-4-16-39(44)40-17-5-10-22-45(40)51)30-37(32-38)52-46-23-11-6-18-41(46)42-19-7-12-24-47(42)52/h1-32H. The van der Waals surface area contributed by atoms with E-state index in [1.807, 2.05) is 0 Å². The molecule has 0 atom stereocenters. The highest BCUT2D eigenvalue weighted by Gasteiger charge is 2.20. The number of nitrogens with zero attached hydrogens (tertiary/aromatic N) is 4. The van der Waals surface area contributed by atoms with Gasteiger partial charge in [0.2, 0.25) is 0 Å². The third kappa shape index (κ3) is 4.59. The van der Waals surface area contributed by atoms with Crippen LogP contribution in [0.5, 0.6) is 0 Å². The first kappa shape index (κ1) is 29.5. The van der Waals surface area contributed by atoms with Crippen LogP contribution in [0.1, 0.15) is 0 Å². The van der Waals surface area contributed by atoms with Crippen LogP contribution in [-0.4, -0.2) is 18.7 Å². The molecule has 4 nitrogen and oxygen atoms in total. The van der Waals surface area contributed by atoms with Crippen molar-refractivity contribution in [2.45, 2.75) is 0 Å². The van der Waals surface area contributed by atoms with Crippen LogP contribution in [0.2, 0.25) is 0 Å². The Balaban J connectivity index is 1.23. The van der Waals surface area contributed by atoms with Crippen LogP contribution >= 0.6 is 0 Å². The average Bonchev–Trinajstić information content (AvgIpc) is 3.89. The molecule has 4 heteroatoms. The predicted octanol–water partition coefficient (Wildman–Crippen LogP) is 12.6. The fraction of sp³-hybridized carbons (Fsp3) is 0. The first-order valence-corrected chi connectivity index (χ1v) is 18.1. The maximum absolute atomic E-state index is 5.30. The Morgan fingerprint density at radius 2 is 0.642 bits per heavy atom. The molecule has 3 aromatic heterocycles. The number of imidazole rings is 1. The molecule has 0 spiro atoms. The smallest absolute Gasteiger partial charge is 0.145 e. The SMILES string of the molecule is c1ccc(-c2ccc(-c3nc4ccccc4n3-c3cc(-n4c5ccccc5c5ccccc54)cc(-n4c5ccccc5c5ccccc54)c3)cc2)cc1. The number of aromatic nitrogens is 4. The summed E-state index contributed by atoms with van der Waals surface area (Å²) in [4.78, 5) is 5.30. The van der Waals surface area contributed by atoms with E-state index in [0.717, 1.165) is 39.5 Å². The van der Waals surface area contributed by atoms with Gasteiger partial charge in [-0.25, -0.2) is 4.98 Å². The van der Waals surface area contributed by atoms with Crippen LogP contribution in [0, 0.1) is 0 Å². The van der Waals surface area contributed by atoms with E-state index in [4.69, 9.17) is 4.98 Å². The third-order valence-electron chi connectivity index (χ3n) is 10.6. The van der Waals surface area contributed by atoms with Gasteiger partial charge in [-0.3, -0.25) is 4.57 Å². The lowest BCUT2D eigenvalue weighted by molar-refractivity contribution is 1.07. The van der Waals surface area contributed by atoms with Gasteiger partial charge in [-0.05, 0) is 65.7 Å². The van der Waals surface area contributed by atoms with Gasteiger partial charge in [-0.1, -0.05) is 140 Å². The normalized spacial score (nSPS) is 11.8. The van der Waals surface area contributed by atoms with Crippen molar-refractivity contribution in [3.63, 3.8) is 0 Å². The number of benzene rings is 8. The largest absolute Gasteiger partial charge is 0.309 e. The Morgan fingerprint density at radius 3 is 1.13 bits per heavy atom. The van der Waals surface area contributed by atoms with E-state index in [9.17, 15) is 0 Å². The lowest BCUT2D eigenvalue weighted by Gasteiger charge is -2.18. The minimum absolute atomic E-state index is 0.901. The van der Waals surface area contributed by atoms with Crippen molar-refractivity contribution in [3.8, 4) is 39.6 Å². The van der Waals surface area contributed by atoms with Crippen molar-refractivity contribution in [3.05, 3.63) is 194 Å². The van der Waals surface area contributed by atoms with Crippen LogP contribution in [-0.2, 0) is 0 Å². The van der Waals surface area contributed by atoms with Crippen molar-refractivity contribution in [2.24, 2.45) is 0 Å². The molecule has 0 aliphatic carbocycles. The van der Waals surface area contributed by atoms with Crippen molar-refractivity contribution in [2.75, 3.05) is 0 Å². The molecule has 0 aliphatic heterocycles. The monoisotopic (exact) mass is 676 g/mol. The molecule has 0 fully saturated rings. The first-order chi connectivity index (χ1) is 26.3. The van der Waals surface area contributed by atoms with Gasteiger partial charge in [0, 0.05) is 27.1 Å². The number of hydrogen-bond acceptors (Lipinski definition) is 1. The van der Waals surface area contributed by atoms with E-state index in [2.05, 4.69) is 208 Å². The summed E-state index contributed by atoms with van der Waals surface area (Å²) in [5.74, 6) is 0.901. The fourth-order valence-corrected chi connectivity index (χ4v) is 8.29. The fourth-order valence-electron chi connectivity index (χ4n) is 8.29. The molecule has 0 saturated carbocycles. The lowest BCUT2D eigenvalue weighted by Crippen LogP contribution is -2.04. The summed E-state index contributed by atoms with van der Waals surface area (Å²) in [6.45, 7) is 0. The summed E-state index contributed by atoms with van der Waals surface area (Å²) in [5, 5.41) is 4.94. The third-order valence-corrected chi connectivity index (χ3v) is 10.6. The molecule has 8 aromatic carbocycles. The predicted molar refractivity (Wildman–Crippen MR) is 221 cm³/mol. The van der Waals surface area contributed by atoms with Crippen molar-refractivity contribution in [1.82, 2.24) is 18.7 Å². The number of para-hydroxylation sites is 6. The van der Waals surface area contributed by atoms with E-state index in [0.29, 0.717) is 0 Å². The Morgan fingerprint density at radius 1 is 0.283 bits per heavy atom. The zero-order chi connectivity index (χ0) is 34.9. The summed E-state index contributed by atoms with van der Waals surface area (Å²) in [7, 11) is 0. The van der Waals surface area contributed by atoms with Crippen LogP contribution in [0.15, 0.2) is 194 Å². The van der Waals surface area contributed by atoms with Gasteiger partial charge in [0.15, 0.2) is 0 Å². The Kier molecular flexibility index (Phi) is 6.52. The number of fused-ring (bicyclic) bond motifs is 7. The van der Waals surface area contributed by atoms with Crippen LogP contribution in [0.3, 0.4) is 0 Å². The first-order valence-electron chi connectivity index (χ1n) is 18.1. The van der Waals surface area contributed by atoms with E-state index >= 15 is 0 Å². The van der Waals surface area contributed by atoms with Gasteiger partial charge in [0.25, 0.3) is 0 Å². The second kappa shape index (κ2) is 11.7. The van der Waals surface area contributed by atoms with E-state index in [1.54, 1.807) is 0 Å². The van der Waals surface area contributed by atoms with Crippen molar-refractivity contribution >= 4 is 54.6 Å². The van der Waals surface area contributed by atoms with E-state index in [1.165, 1.54) is 54.7 Å². The van der Waals surface area contributed by atoms with Gasteiger partial charge >= 0.3 is 0 Å². The summed E-state index contributed by atoms with van der Waals surface area (Å²) in [5.41, 5.74) is 13.3. The molecule has 0 aliphatic rings. The molecular weight excluding hydrogens is 645 g/mol. The topological polar surface area (TPSA) is 27.7 Å². The molecule has 0 unspecified atom stereocenters. The second-order valence-corrected chi connectivity index (χ2v) is 13.6. The van der Waals surface area contributed by atoms with E-state index in [-0.39, 0.29) is 0 Å². The minimum Gasteiger partial charge on any atom is -0.309 e. The van der Waals surface area contributed by atoms with Gasteiger partial charge in [0.1, 0.15) is 5.82 Å². The quantitative estimate of drug-likeness (QED) is 0.178. The molecule has 248 valence electrons. The average molecular weight is 677 g/mol. The summed E-state index contributed by atoms with van der Waals surface area (Å²) >= 11 is 0. The highest BCUT2D eigenvalue weighted by Crippen LogP contribution is 2.38. The lowest BCUT2D eigenvalue weighted by atomic mass is 10.0. The zero-order valence-electron chi connectivity index (χ0n) is 28.8. The van der Waals surface area contributed by atoms with E-state index < -0.39 is 0 Å². The molecule has 0 amide bonds. The summed E-state index contributed by atoms with van der Waals surface area (Å²) in [6.07, 6.45) is 0. The molecule has 3 heterocycles. The summed E-state index contributed by atoms with van der Waals surface area (Å²) < 4.78 is 7.17. The van der Waals surface area contributed by atoms with Gasteiger partial charge in [0.05, 0.1) is 50.2 Å². The maximum Gasteiger partial charge on any atom is 0.145 e. The Labute approximate surface area is 306 Å². The maximum atomic E-state index is 5.30. The number of hydrogen-bond donors (Lipinski definition) is 0. The van der Waals surface area contributed by atoms with Crippen LogP contribution in [0.25, 0.3) is 94.2 Å². The van der Waals surface area contributed by atoms with Crippen LogP contribution < -0.4 is 0 Å².